The Hall–Kier alpha value is -0.770. The molecule has 4 heteroatoms. The van der Waals surface area contributed by atoms with Crippen molar-refractivity contribution in [2.24, 2.45) is 0 Å². The molecule has 0 N–H and O–H groups in total. The van der Waals surface area contributed by atoms with Crippen molar-refractivity contribution in [3.05, 3.63) is 24.1 Å². The average molecular weight is 228 g/mol. The summed E-state index contributed by atoms with van der Waals surface area (Å²) in [6, 6.07) is 3.36. The molecule has 1 rings (SSSR count). The second kappa shape index (κ2) is 5.95. The number of aromatic nitrogens is 1. The van der Waals surface area contributed by atoms with Crippen LogP contribution < -0.4 is 4.90 Å². The van der Waals surface area contributed by atoms with Gasteiger partial charge in [0.05, 0.1) is 0 Å². The highest BCUT2D eigenvalue weighted by atomic mass is 32.2. The van der Waals surface area contributed by atoms with E-state index in [1.165, 1.54) is 6.07 Å². The summed E-state index contributed by atoms with van der Waals surface area (Å²) in [5.41, 5.74) is 0. The molecule has 2 nitrogen and oxygen atoms in total. The van der Waals surface area contributed by atoms with Crippen LogP contribution in [-0.2, 0) is 0 Å². The Morgan fingerprint density at radius 3 is 2.93 bits per heavy atom. The van der Waals surface area contributed by atoms with Crippen molar-refractivity contribution in [3.8, 4) is 0 Å². The monoisotopic (exact) mass is 228 g/mol. The lowest BCUT2D eigenvalue weighted by atomic mass is 10.2. The minimum Gasteiger partial charge on any atom is -0.355 e. The van der Waals surface area contributed by atoms with Gasteiger partial charge in [-0.2, -0.15) is 11.8 Å². The van der Waals surface area contributed by atoms with Gasteiger partial charge in [0, 0.05) is 19.3 Å². The Balaban J connectivity index is 2.67. The number of anilines is 1. The van der Waals surface area contributed by atoms with E-state index in [9.17, 15) is 4.39 Å². The van der Waals surface area contributed by atoms with E-state index in [0.29, 0.717) is 11.9 Å². The largest absolute Gasteiger partial charge is 0.355 e. The van der Waals surface area contributed by atoms with E-state index < -0.39 is 0 Å². The van der Waals surface area contributed by atoms with Gasteiger partial charge in [-0.1, -0.05) is 0 Å². The molecule has 84 valence electrons. The number of pyridine rings is 1. The molecule has 0 aromatic carbocycles. The Kier molecular flexibility index (Phi) is 4.88. The van der Waals surface area contributed by atoms with Crippen molar-refractivity contribution < 1.29 is 4.39 Å². The van der Waals surface area contributed by atoms with Gasteiger partial charge in [-0.15, -0.1) is 0 Å². The van der Waals surface area contributed by atoms with Crippen LogP contribution in [0.4, 0.5) is 10.2 Å². The van der Waals surface area contributed by atoms with Crippen LogP contribution in [0.5, 0.6) is 0 Å². The molecule has 0 saturated carbocycles. The van der Waals surface area contributed by atoms with Gasteiger partial charge in [-0.05, 0) is 37.5 Å². The second-order valence-electron chi connectivity index (χ2n) is 3.55. The Morgan fingerprint density at radius 1 is 1.60 bits per heavy atom. The zero-order chi connectivity index (χ0) is 11.3. The summed E-state index contributed by atoms with van der Waals surface area (Å²) in [7, 11) is 1.89. The zero-order valence-electron chi connectivity index (χ0n) is 9.40. The standard InChI is InChI=1S/C11H17FN2S/c1-9(6-8-15-3)14(2)11-10(12)5-4-7-13-11/h4-5,7,9H,6,8H2,1-3H3. The van der Waals surface area contributed by atoms with Crippen LogP contribution in [0.1, 0.15) is 13.3 Å². The molecule has 0 aliphatic rings. The lowest BCUT2D eigenvalue weighted by Crippen LogP contribution is -2.30. The van der Waals surface area contributed by atoms with E-state index in [1.54, 1.807) is 24.0 Å². The maximum Gasteiger partial charge on any atom is 0.165 e. The molecular weight excluding hydrogens is 211 g/mol. The smallest absolute Gasteiger partial charge is 0.165 e. The SMILES string of the molecule is CSCCC(C)N(C)c1ncccc1F. The molecule has 0 fully saturated rings. The van der Waals surface area contributed by atoms with Gasteiger partial charge in [-0.3, -0.25) is 0 Å². The number of rotatable bonds is 5. The van der Waals surface area contributed by atoms with E-state index in [2.05, 4.69) is 18.2 Å². The third kappa shape index (κ3) is 3.38. The van der Waals surface area contributed by atoms with E-state index in [0.717, 1.165) is 12.2 Å². The number of thioether (sulfide) groups is 1. The quantitative estimate of drug-likeness (QED) is 0.771. The van der Waals surface area contributed by atoms with Gasteiger partial charge < -0.3 is 4.90 Å². The van der Waals surface area contributed by atoms with Crippen LogP contribution >= 0.6 is 11.8 Å². The Labute approximate surface area is 94.9 Å². The molecule has 0 amide bonds. The fraction of sp³-hybridized carbons (Fsp3) is 0.545. The number of halogens is 1. The van der Waals surface area contributed by atoms with Crippen LogP contribution in [0.3, 0.4) is 0 Å². The predicted octanol–water partition coefficient (Wildman–Crippen LogP) is 2.80. The minimum absolute atomic E-state index is 0.254. The summed E-state index contributed by atoms with van der Waals surface area (Å²) in [5.74, 6) is 1.27. The van der Waals surface area contributed by atoms with Crippen LogP contribution in [-0.4, -0.2) is 30.1 Å². The third-order valence-corrected chi connectivity index (χ3v) is 3.12. The normalized spacial score (nSPS) is 12.5. The summed E-state index contributed by atoms with van der Waals surface area (Å²) < 4.78 is 13.4. The van der Waals surface area contributed by atoms with Crippen molar-refractivity contribution in [3.63, 3.8) is 0 Å². The first kappa shape index (κ1) is 12.3. The Morgan fingerprint density at radius 2 is 2.33 bits per heavy atom. The predicted molar refractivity (Wildman–Crippen MR) is 65.1 cm³/mol. The first-order valence-electron chi connectivity index (χ1n) is 4.99. The molecular formula is C11H17FN2S. The van der Waals surface area contributed by atoms with Gasteiger partial charge in [-0.25, -0.2) is 9.37 Å². The third-order valence-electron chi connectivity index (χ3n) is 2.47. The van der Waals surface area contributed by atoms with Crippen LogP contribution in [0.15, 0.2) is 18.3 Å². The number of hydrogen-bond acceptors (Lipinski definition) is 3. The maximum absolute atomic E-state index is 13.4. The Bertz CT molecular complexity index is 306. The fourth-order valence-electron chi connectivity index (χ4n) is 1.33. The summed E-state index contributed by atoms with van der Waals surface area (Å²) in [6.07, 6.45) is 4.73. The molecule has 0 saturated heterocycles. The summed E-state index contributed by atoms with van der Waals surface area (Å²) in [6.45, 7) is 2.09. The number of nitrogens with zero attached hydrogens (tertiary/aromatic N) is 2. The minimum atomic E-state index is -0.254. The van der Waals surface area contributed by atoms with Gasteiger partial charge >= 0.3 is 0 Å². The highest BCUT2D eigenvalue weighted by Gasteiger charge is 2.13. The molecule has 0 spiro atoms. The van der Waals surface area contributed by atoms with Crippen molar-refractivity contribution in [1.29, 1.82) is 0 Å². The average Bonchev–Trinajstić information content (AvgIpc) is 2.25. The second-order valence-corrected chi connectivity index (χ2v) is 4.54. The fourth-order valence-corrected chi connectivity index (χ4v) is 1.90. The van der Waals surface area contributed by atoms with Crippen molar-refractivity contribution in [2.45, 2.75) is 19.4 Å². The highest BCUT2D eigenvalue weighted by molar-refractivity contribution is 7.98. The first-order valence-corrected chi connectivity index (χ1v) is 6.38. The lowest BCUT2D eigenvalue weighted by molar-refractivity contribution is 0.591. The topological polar surface area (TPSA) is 16.1 Å². The highest BCUT2D eigenvalue weighted by Crippen LogP contribution is 2.17. The molecule has 1 aromatic rings. The first-order chi connectivity index (χ1) is 7.16. The summed E-state index contributed by atoms with van der Waals surface area (Å²) in [4.78, 5) is 5.95. The zero-order valence-corrected chi connectivity index (χ0v) is 10.2. The van der Waals surface area contributed by atoms with Crippen molar-refractivity contribution in [1.82, 2.24) is 4.98 Å². The van der Waals surface area contributed by atoms with Crippen LogP contribution in [0, 0.1) is 5.82 Å². The van der Waals surface area contributed by atoms with Crippen LogP contribution in [0.2, 0.25) is 0 Å². The molecule has 1 unspecified atom stereocenters. The molecule has 0 bridgehead atoms. The maximum atomic E-state index is 13.4. The molecule has 0 radical (unpaired) electrons. The van der Waals surface area contributed by atoms with E-state index in [4.69, 9.17) is 0 Å². The van der Waals surface area contributed by atoms with E-state index in [1.807, 2.05) is 11.9 Å². The van der Waals surface area contributed by atoms with Crippen LogP contribution in [0.25, 0.3) is 0 Å². The van der Waals surface area contributed by atoms with Crippen molar-refractivity contribution >= 4 is 17.6 Å². The summed E-state index contributed by atoms with van der Waals surface area (Å²) >= 11 is 1.81. The molecule has 0 aliphatic carbocycles. The molecule has 1 atom stereocenters. The van der Waals surface area contributed by atoms with E-state index >= 15 is 0 Å². The molecule has 1 aromatic heterocycles. The van der Waals surface area contributed by atoms with Crippen molar-refractivity contribution in [2.75, 3.05) is 24.0 Å². The van der Waals surface area contributed by atoms with Gasteiger partial charge in [0.1, 0.15) is 0 Å². The van der Waals surface area contributed by atoms with Gasteiger partial charge in [0.15, 0.2) is 11.6 Å². The van der Waals surface area contributed by atoms with Gasteiger partial charge in [0.25, 0.3) is 0 Å². The number of hydrogen-bond donors (Lipinski definition) is 0. The summed E-state index contributed by atoms with van der Waals surface area (Å²) in [5, 5.41) is 0. The molecule has 1 heterocycles. The van der Waals surface area contributed by atoms with E-state index in [-0.39, 0.29) is 5.82 Å². The molecule has 15 heavy (non-hydrogen) atoms. The van der Waals surface area contributed by atoms with Gasteiger partial charge in [0.2, 0.25) is 0 Å². The lowest BCUT2D eigenvalue weighted by Gasteiger charge is -2.25. The molecule has 0 aliphatic heterocycles.